The van der Waals surface area contributed by atoms with Crippen molar-refractivity contribution in [1.82, 2.24) is 10.6 Å². The Morgan fingerprint density at radius 3 is 2.52 bits per heavy atom. The van der Waals surface area contributed by atoms with E-state index in [1.165, 1.54) is 0 Å². The second-order valence-corrected chi connectivity index (χ2v) is 5.63. The van der Waals surface area contributed by atoms with Gasteiger partial charge in [0.2, 0.25) is 5.91 Å². The summed E-state index contributed by atoms with van der Waals surface area (Å²) in [6.45, 7) is 4.33. The third kappa shape index (κ3) is 7.99. The van der Waals surface area contributed by atoms with Crippen molar-refractivity contribution in [2.75, 3.05) is 6.54 Å². The van der Waals surface area contributed by atoms with Gasteiger partial charge in [-0.25, -0.2) is 4.79 Å². The number of amides is 2. The number of hydrogen-bond acceptors (Lipinski definition) is 4. The van der Waals surface area contributed by atoms with Crippen LogP contribution in [0.4, 0.5) is 4.79 Å². The lowest BCUT2D eigenvalue weighted by Crippen LogP contribution is -2.47. The molecule has 6 nitrogen and oxygen atoms in total. The average molecular weight is 320 g/mol. The van der Waals surface area contributed by atoms with E-state index in [4.69, 9.17) is 4.74 Å². The minimum absolute atomic E-state index is 0.147. The number of benzene rings is 1. The molecule has 0 aromatic heterocycles. The van der Waals surface area contributed by atoms with E-state index in [1.807, 2.05) is 44.2 Å². The number of carbonyl (C=O) groups is 3. The number of aldehydes is 1. The lowest BCUT2D eigenvalue weighted by molar-refractivity contribution is -0.123. The average Bonchev–Trinajstić information content (AvgIpc) is 2.53. The van der Waals surface area contributed by atoms with Crippen molar-refractivity contribution < 1.29 is 19.1 Å². The second kappa shape index (κ2) is 10.4. The maximum absolute atomic E-state index is 12.1. The number of alkyl carbamates (subject to hydrolysis) is 1. The molecule has 2 N–H and O–H groups in total. The number of carbonyl (C=O) groups excluding carboxylic acids is 3. The van der Waals surface area contributed by atoms with Gasteiger partial charge in [-0.3, -0.25) is 4.79 Å². The highest BCUT2D eigenvalue weighted by molar-refractivity contribution is 5.85. The molecule has 126 valence electrons. The summed E-state index contributed by atoms with van der Waals surface area (Å²) in [5.41, 5.74) is 0.874. The van der Waals surface area contributed by atoms with Gasteiger partial charge < -0.3 is 20.2 Å². The Morgan fingerprint density at radius 1 is 1.22 bits per heavy atom. The number of hydrogen-bond donors (Lipinski definition) is 2. The molecule has 0 aliphatic rings. The first-order valence-electron chi connectivity index (χ1n) is 7.71. The highest BCUT2D eigenvalue weighted by atomic mass is 16.5. The normalized spacial score (nSPS) is 11.6. The summed E-state index contributed by atoms with van der Waals surface area (Å²) < 4.78 is 5.13. The predicted octanol–water partition coefficient (Wildman–Crippen LogP) is 2.03. The molecule has 0 spiro atoms. The molecule has 6 heteroatoms. The van der Waals surface area contributed by atoms with Crippen LogP contribution in [-0.2, 0) is 20.9 Å². The van der Waals surface area contributed by atoms with Crippen molar-refractivity contribution in [2.24, 2.45) is 5.92 Å². The topological polar surface area (TPSA) is 84.5 Å². The fraction of sp³-hybridized carbons (Fsp3) is 0.471. The molecule has 1 aromatic rings. The van der Waals surface area contributed by atoms with E-state index in [0.717, 1.165) is 11.8 Å². The maximum Gasteiger partial charge on any atom is 0.408 e. The van der Waals surface area contributed by atoms with E-state index >= 15 is 0 Å². The summed E-state index contributed by atoms with van der Waals surface area (Å²) in [4.78, 5) is 34.2. The van der Waals surface area contributed by atoms with Crippen molar-refractivity contribution in [3.63, 3.8) is 0 Å². The summed E-state index contributed by atoms with van der Waals surface area (Å²) in [6.07, 6.45) is 0.843. The van der Waals surface area contributed by atoms with Gasteiger partial charge in [0.15, 0.2) is 0 Å². The molecule has 0 unspecified atom stereocenters. The van der Waals surface area contributed by atoms with Crippen molar-refractivity contribution >= 4 is 18.3 Å². The lowest BCUT2D eigenvalue weighted by atomic mass is 10.0. The molecule has 0 bridgehead atoms. The van der Waals surface area contributed by atoms with Gasteiger partial charge in [0.1, 0.15) is 18.9 Å². The molecular weight excluding hydrogens is 296 g/mol. The maximum atomic E-state index is 12.1. The van der Waals surface area contributed by atoms with Crippen LogP contribution < -0.4 is 10.6 Å². The molecule has 0 heterocycles. The van der Waals surface area contributed by atoms with Crippen LogP contribution in [-0.4, -0.2) is 30.9 Å². The Balaban J connectivity index is 2.49. The summed E-state index contributed by atoms with van der Waals surface area (Å²) in [5.74, 6) is -0.0801. The monoisotopic (exact) mass is 320 g/mol. The number of nitrogens with one attached hydrogen (secondary N) is 2. The Hall–Kier alpha value is -2.37. The Labute approximate surface area is 136 Å². The fourth-order valence-electron chi connectivity index (χ4n) is 1.99. The lowest BCUT2D eigenvalue weighted by Gasteiger charge is -2.19. The Kier molecular flexibility index (Phi) is 8.42. The molecule has 23 heavy (non-hydrogen) atoms. The van der Waals surface area contributed by atoms with E-state index < -0.39 is 12.1 Å². The van der Waals surface area contributed by atoms with Crippen LogP contribution in [0, 0.1) is 5.92 Å². The van der Waals surface area contributed by atoms with Crippen LogP contribution in [0.3, 0.4) is 0 Å². The van der Waals surface area contributed by atoms with Crippen LogP contribution in [0.15, 0.2) is 30.3 Å². The number of rotatable bonds is 9. The van der Waals surface area contributed by atoms with Crippen LogP contribution in [0.25, 0.3) is 0 Å². The first-order chi connectivity index (χ1) is 11.0. The van der Waals surface area contributed by atoms with Gasteiger partial charge in [0, 0.05) is 13.0 Å². The number of ether oxygens (including phenoxy) is 1. The summed E-state index contributed by atoms with van der Waals surface area (Å²) in [6, 6.07) is 8.63. The second-order valence-electron chi connectivity index (χ2n) is 5.63. The van der Waals surface area contributed by atoms with Crippen molar-refractivity contribution in [1.29, 1.82) is 0 Å². The largest absolute Gasteiger partial charge is 0.445 e. The standard InChI is InChI=1S/C17H24N2O4/c1-13(2)11-15(16(21)18-9-6-10-20)19-17(22)23-12-14-7-4-3-5-8-14/h3-5,7-8,10,13,15H,6,9,11-12H2,1-2H3,(H,18,21)(H,19,22)/t15-/m0/s1. The molecular formula is C17H24N2O4. The molecule has 1 aromatic carbocycles. The zero-order chi connectivity index (χ0) is 17.1. The predicted molar refractivity (Wildman–Crippen MR) is 86.7 cm³/mol. The molecule has 0 saturated heterocycles. The first kappa shape index (κ1) is 18.7. The van der Waals surface area contributed by atoms with Gasteiger partial charge in [-0.15, -0.1) is 0 Å². The third-order valence-corrected chi connectivity index (χ3v) is 3.09. The highest BCUT2D eigenvalue weighted by Gasteiger charge is 2.22. The Bertz CT molecular complexity index is 503. The zero-order valence-electron chi connectivity index (χ0n) is 13.6. The van der Waals surface area contributed by atoms with Crippen molar-refractivity contribution in [3.05, 3.63) is 35.9 Å². The van der Waals surface area contributed by atoms with Gasteiger partial charge in [-0.2, -0.15) is 0 Å². The first-order valence-corrected chi connectivity index (χ1v) is 7.71. The summed E-state index contributed by atoms with van der Waals surface area (Å²) >= 11 is 0. The molecule has 2 amide bonds. The smallest absolute Gasteiger partial charge is 0.408 e. The van der Waals surface area contributed by atoms with Crippen molar-refractivity contribution in [2.45, 2.75) is 39.3 Å². The Morgan fingerprint density at radius 2 is 1.91 bits per heavy atom. The van der Waals surface area contributed by atoms with Gasteiger partial charge in [0.05, 0.1) is 0 Å². The molecule has 1 rings (SSSR count). The third-order valence-electron chi connectivity index (χ3n) is 3.09. The van der Waals surface area contributed by atoms with E-state index in [9.17, 15) is 14.4 Å². The fourth-order valence-corrected chi connectivity index (χ4v) is 1.99. The van der Waals surface area contributed by atoms with Crippen LogP contribution in [0.2, 0.25) is 0 Å². The molecule has 1 atom stereocenters. The zero-order valence-corrected chi connectivity index (χ0v) is 13.6. The van der Waals surface area contributed by atoms with E-state index in [1.54, 1.807) is 0 Å². The molecule has 0 aliphatic heterocycles. The molecule has 0 fully saturated rings. The molecule has 0 aliphatic carbocycles. The molecule has 0 saturated carbocycles. The van der Waals surface area contributed by atoms with E-state index in [-0.39, 0.29) is 31.4 Å². The van der Waals surface area contributed by atoms with Crippen LogP contribution in [0.5, 0.6) is 0 Å². The quantitative estimate of drug-likeness (QED) is 0.538. The van der Waals surface area contributed by atoms with E-state index in [2.05, 4.69) is 10.6 Å². The highest BCUT2D eigenvalue weighted by Crippen LogP contribution is 2.06. The van der Waals surface area contributed by atoms with Gasteiger partial charge in [-0.05, 0) is 17.9 Å². The van der Waals surface area contributed by atoms with Crippen molar-refractivity contribution in [3.8, 4) is 0 Å². The molecule has 0 radical (unpaired) electrons. The summed E-state index contributed by atoms with van der Waals surface area (Å²) in [5, 5.41) is 5.21. The van der Waals surface area contributed by atoms with Crippen LogP contribution in [0.1, 0.15) is 32.3 Å². The van der Waals surface area contributed by atoms with Gasteiger partial charge in [0.25, 0.3) is 0 Å². The van der Waals surface area contributed by atoms with Gasteiger partial charge >= 0.3 is 6.09 Å². The van der Waals surface area contributed by atoms with E-state index in [0.29, 0.717) is 6.42 Å². The minimum Gasteiger partial charge on any atom is -0.445 e. The van der Waals surface area contributed by atoms with Gasteiger partial charge in [-0.1, -0.05) is 44.2 Å². The minimum atomic E-state index is -0.676. The van der Waals surface area contributed by atoms with Crippen LogP contribution >= 0.6 is 0 Å². The SMILES string of the molecule is CC(C)C[C@H](NC(=O)OCc1ccccc1)C(=O)NCCC=O. The summed E-state index contributed by atoms with van der Waals surface area (Å²) in [7, 11) is 0.